The highest BCUT2D eigenvalue weighted by Crippen LogP contribution is 2.32. The summed E-state index contributed by atoms with van der Waals surface area (Å²) in [6.07, 6.45) is 1.38. The maximum absolute atomic E-state index is 13.3. The molecule has 2 N–H and O–H groups in total. The van der Waals surface area contributed by atoms with Crippen LogP contribution in [-0.2, 0) is 16.2 Å². The monoisotopic (exact) mass is 504 g/mol. The molecule has 0 radical (unpaired) electrons. The van der Waals surface area contributed by atoms with Gasteiger partial charge in [0.2, 0.25) is 5.76 Å². The van der Waals surface area contributed by atoms with Crippen LogP contribution in [0.4, 0.5) is 10.5 Å². The standard InChI is InChI=1S/C27H24N2O8/c1-4-35-23-13-17(8-10-21(23)36-14-18-9-11-22(37-18)26(32)33)12-19-24(30)28-27(34)29(25(19)31)20-7-5-6-15(2)16(20)3/h5-13H,4,14H2,1-3H3,(H,32,33)(H,28,30,34)/b19-12+. The number of carboxylic acid groups (broad SMARTS) is 1. The van der Waals surface area contributed by atoms with Gasteiger partial charge in [0.1, 0.15) is 17.9 Å². The molecule has 3 aromatic rings. The first kappa shape index (κ1) is 25.2. The third-order valence-electron chi connectivity index (χ3n) is 5.74. The molecule has 1 aliphatic heterocycles. The van der Waals surface area contributed by atoms with E-state index in [-0.39, 0.29) is 17.9 Å². The summed E-state index contributed by atoms with van der Waals surface area (Å²) in [6, 6.07) is 12.1. The molecule has 1 aliphatic rings. The van der Waals surface area contributed by atoms with E-state index in [4.69, 9.17) is 19.0 Å². The minimum atomic E-state index is -1.18. The lowest BCUT2D eigenvalue weighted by molar-refractivity contribution is -0.122. The number of rotatable bonds is 8. The second kappa shape index (κ2) is 10.4. The number of aromatic carboxylic acids is 1. The Morgan fingerprint density at radius 2 is 1.84 bits per heavy atom. The highest BCUT2D eigenvalue weighted by molar-refractivity contribution is 6.39. The van der Waals surface area contributed by atoms with E-state index in [2.05, 4.69) is 5.32 Å². The predicted molar refractivity (Wildman–Crippen MR) is 133 cm³/mol. The van der Waals surface area contributed by atoms with Gasteiger partial charge in [0.15, 0.2) is 11.5 Å². The van der Waals surface area contributed by atoms with Crippen molar-refractivity contribution in [1.29, 1.82) is 0 Å². The molecule has 37 heavy (non-hydrogen) atoms. The van der Waals surface area contributed by atoms with Crippen molar-refractivity contribution in [3.63, 3.8) is 0 Å². The maximum Gasteiger partial charge on any atom is 0.371 e. The van der Waals surface area contributed by atoms with Gasteiger partial charge in [0.25, 0.3) is 11.8 Å². The number of urea groups is 1. The van der Waals surface area contributed by atoms with Crippen molar-refractivity contribution in [2.75, 3.05) is 11.5 Å². The number of benzene rings is 2. The van der Waals surface area contributed by atoms with Gasteiger partial charge >= 0.3 is 12.0 Å². The molecule has 0 spiro atoms. The van der Waals surface area contributed by atoms with Crippen LogP contribution in [0.3, 0.4) is 0 Å². The third-order valence-corrected chi connectivity index (χ3v) is 5.74. The molecule has 1 fully saturated rings. The number of carbonyl (C=O) groups is 4. The molecule has 1 saturated heterocycles. The molecule has 0 atom stereocenters. The van der Waals surface area contributed by atoms with Crippen LogP contribution in [-0.4, -0.2) is 35.5 Å². The van der Waals surface area contributed by atoms with Crippen molar-refractivity contribution in [3.8, 4) is 11.5 Å². The van der Waals surface area contributed by atoms with Crippen molar-refractivity contribution >= 4 is 35.6 Å². The lowest BCUT2D eigenvalue weighted by Gasteiger charge is -2.28. The normalized spacial score (nSPS) is 14.6. The number of anilines is 1. The van der Waals surface area contributed by atoms with E-state index >= 15 is 0 Å². The van der Waals surface area contributed by atoms with Crippen LogP contribution in [0.5, 0.6) is 11.5 Å². The summed E-state index contributed by atoms with van der Waals surface area (Å²) in [4.78, 5) is 50.3. The minimum Gasteiger partial charge on any atom is -0.490 e. The fourth-order valence-corrected chi connectivity index (χ4v) is 3.74. The van der Waals surface area contributed by atoms with Crippen molar-refractivity contribution in [2.45, 2.75) is 27.4 Å². The van der Waals surface area contributed by atoms with Gasteiger partial charge in [-0.1, -0.05) is 18.2 Å². The van der Waals surface area contributed by atoms with E-state index in [9.17, 15) is 19.2 Å². The number of aryl methyl sites for hydroxylation is 1. The first-order valence-electron chi connectivity index (χ1n) is 11.4. The zero-order chi connectivity index (χ0) is 26.7. The van der Waals surface area contributed by atoms with Crippen molar-refractivity contribution < 1.29 is 38.2 Å². The smallest absolute Gasteiger partial charge is 0.371 e. The second-order valence-corrected chi connectivity index (χ2v) is 8.18. The van der Waals surface area contributed by atoms with Gasteiger partial charge in [0, 0.05) is 0 Å². The number of nitrogens with zero attached hydrogens (tertiary/aromatic N) is 1. The summed E-state index contributed by atoms with van der Waals surface area (Å²) < 4.78 is 16.6. The molecule has 4 rings (SSSR count). The molecular formula is C27H24N2O8. The number of barbiturate groups is 1. The van der Waals surface area contributed by atoms with Crippen LogP contribution in [0.2, 0.25) is 0 Å². The van der Waals surface area contributed by atoms with Gasteiger partial charge in [-0.25, -0.2) is 14.5 Å². The summed E-state index contributed by atoms with van der Waals surface area (Å²) in [5.74, 6) is -1.93. The summed E-state index contributed by atoms with van der Waals surface area (Å²) in [5.41, 5.74) is 2.28. The maximum atomic E-state index is 13.3. The molecule has 10 nitrogen and oxygen atoms in total. The topological polar surface area (TPSA) is 135 Å². The fourth-order valence-electron chi connectivity index (χ4n) is 3.74. The lowest BCUT2D eigenvalue weighted by atomic mass is 10.0. The number of amides is 4. The first-order chi connectivity index (χ1) is 17.7. The van der Waals surface area contributed by atoms with E-state index in [1.54, 1.807) is 44.2 Å². The SMILES string of the molecule is CCOc1cc(/C=C2\C(=O)NC(=O)N(c3cccc(C)c3C)C2=O)ccc1OCc1ccc(C(=O)O)o1. The number of ether oxygens (including phenoxy) is 2. The minimum absolute atomic E-state index is 0.0401. The van der Waals surface area contributed by atoms with E-state index < -0.39 is 23.8 Å². The van der Waals surface area contributed by atoms with Crippen LogP contribution in [0.25, 0.3) is 6.08 Å². The quantitative estimate of drug-likeness (QED) is 0.344. The van der Waals surface area contributed by atoms with Crippen molar-refractivity contribution in [3.05, 3.63) is 82.3 Å². The van der Waals surface area contributed by atoms with Crippen molar-refractivity contribution in [2.24, 2.45) is 0 Å². The van der Waals surface area contributed by atoms with Gasteiger partial charge in [0.05, 0.1) is 12.3 Å². The van der Waals surface area contributed by atoms with E-state index in [1.807, 2.05) is 13.0 Å². The molecule has 190 valence electrons. The molecule has 0 saturated carbocycles. The highest BCUT2D eigenvalue weighted by Gasteiger charge is 2.37. The number of nitrogens with one attached hydrogen (secondary N) is 1. The number of carboxylic acids is 1. The molecule has 2 heterocycles. The van der Waals surface area contributed by atoms with Crippen LogP contribution in [0.15, 0.2) is 58.5 Å². The molecule has 0 aliphatic carbocycles. The Morgan fingerprint density at radius 1 is 1.05 bits per heavy atom. The number of hydrogen-bond donors (Lipinski definition) is 2. The molecule has 2 aromatic carbocycles. The predicted octanol–water partition coefficient (Wildman–Crippen LogP) is 4.24. The Hall–Kier alpha value is -4.86. The first-order valence-corrected chi connectivity index (χ1v) is 11.4. The summed E-state index contributed by atoms with van der Waals surface area (Å²) in [7, 11) is 0. The van der Waals surface area contributed by atoms with Crippen molar-refractivity contribution in [1.82, 2.24) is 5.32 Å². The molecule has 1 aromatic heterocycles. The second-order valence-electron chi connectivity index (χ2n) is 8.18. The van der Waals surface area contributed by atoms with Crippen LogP contribution in [0.1, 0.15) is 39.9 Å². The largest absolute Gasteiger partial charge is 0.490 e. The Bertz CT molecular complexity index is 1440. The lowest BCUT2D eigenvalue weighted by Crippen LogP contribution is -2.54. The average Bonchev–Trinajstić information content (AvgIpc) is 3.33. The molecular weight excluding hydrogens is 480 g/mol. The van der Waals surface area contributed by atoms with E-state index in [1.165, 1.54) is 18.2 Å². The van der Waals surface area contributed by atoms with Gasteiger partial charge in [-0.3, -0.25) is 14.9 Å². The van der Waals surface area contributed by atoms with Gasteiger partial charge in [-0.15, -0.1) is 0 Å². The summed E-state index contributed by atoms with van der Waals surface area (Å²) >= 11 is 0. The van der Waals surface area contributed by atoms with Gasteiger partial charge in [-0.05, 0) is 73.9 Å². The number of furan rings is 1. The van der Waals surface area contributed by atoms with Crippen LogP contribution in [0, 0.1) is 13.8 Å². The Balaban J connectivity index is 1.61. The Labute approximate surface area is 212 Å². The average molecular weight is 504 g/mol. The molecule has 4 amide bonds. The number of carbonyl (C=O) groups excluding carboxylic acids is 3. The molecule has 10 heteroatoms. The number of imide groups is 2. The zero-order valence-corrected chi connectivity index (χ0v) is 20.4. The van der Waals surface area contributed by atoms with Crippen LogP contribution >= 0.6 is 0 Å². The number of hydrogen-bond acceptors (Lipinski definition) is 7. The Kier molecular flexibility index (Phi) is 7.10. The van der Waals surface area contributed by atoms with Crippen LogP contribution < -0.4 is 19.7 Å². The fraction of sp³-hybridized carbons (Fsp3) is 0.185. The van der Waals surface area contributed by atoms with E-state index in [0.29, 0.717) is 35.1 Å². The van der Waals surface area contributed by atoms with Gasteiger partial charge < -0.3 is 19.0 Å². The third kappa shape index (κ3) is 5.22. The summed E-state index contributed by atoms with van der Waals surface area (Å²) in [6.45, 7) is 5.72. The zero-order valence-electron chi connectivity index (χ0n) is 20.4. The molecule has 0 bridgehead atoms. The van der Waals surface area contributed by atoms with Gasteiger partial charge in [-0.2, -0.15) is 0 Å². The molecule has 0 unspecified atom stereocenters. The highest BCUT2D eigenvalue weighted by atomic mass is 16.5. The summed E-state index contributed by atoms with van der Waals surface area (Å²) in [5, 5.41) is 11.2. The van der Waals surface area contributed by atoms with E-state index in [0.717, 1.165) is 16.0 Å². The Morgan fingerprint density at radius 3 is 2.54 bits per heavy atom.